The summed E-state index contributed by atoms with van der Waals surface area (Å²) in [6.07, 6.45) is 4.34. The van der Waals surface area contributed by atoms with Gasteiger partial charge in [-0.15, -0.1) is 0 Å². The second kappa shape index (κ2) is 8.07. The topological polar surface area (TPSA) is 88.1 Å². The molecular weight excluding hydrogens is 298 g/mol. The Kier molecular flexibility index (Phi) is 5.85. The summed E-state index contributed by atoms with van der Waals surface area (Å²) in [5, 5.41) is 3.76. The minimum absolute atomic E-state index is 0.422. The third-order valence-electron chi connectivity index (χ3n) is 3.55. The van der Waals surface area contributed by atoms with E-state index in [4.69, 9.17) is 0 Å². The van der Waals surface area contributed by atoms with E-state index in [1.54, 1.807) is 29.2 Å². The maximum atomic E-state index is 11.9. The van der Waals surface area contributed by atoms with Crippen molar-refractivity contribution in [3.63, 3.8) is 0 Å². The average Bonchev–Trinajstić information content (AvgIpc) is 2.61. The number of rotatable bonds is 3. The Labute approximate surface area is 134 Å². The smallest absolute Gasteiger partial charge is 0.337 e. The zero-order valence-electron chi connectivity index (χ0n) is 12.9. The largest absolute Gasteiger partial charge is 0.465 e. The molecule has 0 spiro atoms. The molecule has 2 rings (SSSR count). The number of amides is 2. The van der Waals surface area contributed by atoms with Gasteiger partial charge in [0.05, 0.1) is 18.9 Å². The Morgan fingerprint density at radius 3 is 2.39 bits per heavy atom. The van der Waals surface area contributed by atoms with Crippen LogP contribution in [-0.2, 0) is 14.3 Å². The number of methoxy groups -OCH3 is 1. The summed E-state index contributed by atoms with van der Waals surface area (Å²) in [6.45, 7) is 1.23. The normalized spacial score (nSPS) is 14.6. The van der Waals surface area contributed by atoms with Crippen molar-refractivity contribution in [3.8, 4) is 0 Å². The summed E-state index contributed by atoms with van der Waals surface area (Å²) in [6, 6.07) is 6.50. The van der Waals surface area contributed by atoms with E-state index in [-0.39, 0.29) is 0 Å². The molecule has 1 aliphatic heterocycles. The van der Waals surface area contributed by atoms with Gasteiger partial charge in [0.2, 0.25) is 0 Å². The van der Waals surface area contributed by atoms with Crippen molar-refractivity contribution in [1.29, 1.82) is 0 Å². The van der Waals surface area contributed by atoms with E-state index >= 15 is 0 Å². The van der Waals surface area contributed by atoms with Crippen molar-refractivity contribution >= 4 is 24.0 Å². The van der Waals surface area contributed by atoms with Crippen molar-refractivity contribution in [2.45, 2.75) is 19.3 Å². The SMILES string of the molecule is COC(=O)c1ccc(/C=N\NC(=O)C(=O)N2CCCCC2)cc1. The van der Waals surface area contributed by atoms with Crippen LogP contribution >= 0.6 is 0 Å². The van der Waals surface area contributed by atoms with Gasteiger partial charge in [-0.1, -0.05) is 12.1 Å². The molecule has 1 aromatic carbocycles. The lowest BCUT2D eigenvalue weighted by Gasteiger charge is -2.25. The lowest BCUT2D eigenvalue weighted by molar-refractivity contribution is -0.146. The molecule has 1 aromatic rings. The van der Waals surface area contributed by atoms with E-state index in [1.165, 1.54) is 13.3 Å². The van der Waals surface area contributed by atoms with Gasteiger partial charge in [-0.05, 0) is 37.0 Å². The summed E-state index contributed by atoms with van der Waals surface area (Å²) < 4.78 is 4.60. The van der Waals surface area contributed by atoms with E-state index in [2.05, 4.69) is 15.3 Å². The van der Waals surface area contributed by atoms with Crippen LogP contribution in [-0.4, -0.2) is 49.1 Å². The third-order valence-corrected chi connectivity index (χ3v) is 3.55. The van der Waals surface area contributed by atoms with E-state index in [0.717, 1.165) is 19.3 Å². The van der Waals surface area contributed by atoms with Gasteiger partial charge in [-0.3, -0.25) is 9.59 Å². The number of benzene rings is 1. The first-order chi connectivity index (χ1) is 11.1. The molecule has 1 heterocycles. The number of esters is 1. The molecule has 1 aliphatic rings. The molecule has 122 valence electrons. The molecular formula is C16H19N3O4. The fourth-order valence-corrected chi connectivity index (χ4v) is 2.28. The van der Waals surface area contributed by atoms with Crippen LogP contribution in [0.4, 0.5) is 0 Å². The van der Waals surface area contributed by atoms with Gasteiger partial charge in [0.25, 0.3) is 0 Å². The fourth-order valence-electron chi connectivity index (χ4n) is 2.28. The van der Waals surface area contributed by atoms with E-state index in [1.807, 2.05) is 0 Å². The average molecular weight is 317 g/mol. The van der Waals surface area contributed by atoms with Gasteiger partial charge < -0.3 is 9.64 Å². The molecule has 1 saturated heterocycles. The molecule has 7 nitrogen and oxygen atoms in total. The predicted octanol–water partition coefficient (Wildman–Crippen LogP) is 0.936. The van der Waals surface area contributed by atoms with Crippen LogP contribution in [0.2, 0.25) is 0 Å². The molecule has 7 heteroatoms. The molecule has 0 atom stereocenters. The maximum absolute atomic E-state index is 11.9. The number of likely N-dealkylation sites (tertiary alicyclic amines) is 1. The molecule has 0 bridgehead atoms. The molecule has 0 aromatic heterocycles. The summed E-state index contributed by atoms with van der Waals surface area (Å²) in [5.74, 6) is -1.72. The highest BCUT2D eigenvalue weighted by molar-refractivity contribution is 6.35. The number of hydrogen-bond donors (Lipinski definition) is 1. The number of carbonyl (C=O) groups excluding carboxylic acids is 3. The number of nitrogens with zero attached hydrogens (tertiary/aromatic N) is 2. The van der Waals surface area contributed by atoms with Crippen molar-refractivity contribution in [2.75, 3.05) is 20.2 Å². The van der Waals surface area contributed by atoms with Gasteiger partial charge in [-0.25, -0.2) is 10.2 Å². The number of hydrazone groups is 1. The van der Waals surface area contributed by atoms with Gasteiger partial charge >= 0.3 is 17.8 Å². The highest BCUT2D eigenvalue weighted by atomic mass is 16.5. The molecule has 0 aliphatic carbocycles. The molecule has 0 unspecified atom stereocenters. The van der Waals surface area contributed by atoms with Crippen LogP contribution < -0.4 is 5.43 Å². The maximum Gasteiger partial charge on any atom is 0.337 e. The highest BCUT2D eigenvalue weighted by Crippen LogP contribution is 2.08. The van der Waals surface area contributed by atoms with Crippen molar-refractivity contribution < 1.29 is 19.1 Å². The monoisotopic (exact) mass is 317 g/mol. The van der Waals surface area contributed by atoms with Crippen LogP contribution in [0.1, 0.15) is 35.2 Å². The van der Waals surface area contributed by atoms with Crippen molar-refractivity contribution in [1.82, 2.24) is 10.3 Å². The third kappa shape index (κ3) is 4.64. The number of ether oxygens (including phenoxy) is 1. The molecule has 23 heavy (non-hydrogen) atoms. The Morgan fingerprint density at radius 1 is 1.13 bits per heavy atom. The van der Waals surface area contributed by atoms with Crippen LogP contribution in [0, 0.1) is 0 Å². The quantitative estimate of drug-likeness (QED) is 0.389. The van der Waals surface area contributed by atoms with Crippen molar-refractivity contribution in [2.24, 2.45) is 5.10 Å². The highest BCUT2D eigenvalue weighted by Gasteiger charge is 2.22. The molecule has 0 saturated carbocycles. The Hall–Kier alpha value is -2.70. The van der Waals surface area contributed by atoms with Gasteiger partial charge in [0.15, 0.2) is 0 Å². The zero-order valence-corrected chi connectivity index (χ0v) is 12.9. The Morgan fingerprint density at radius 2 is 1.78 bits per heavy atom. The first kappa shape index (κ1) is 16.7. The summed E-state index contributed by atoms with van der Waals surface area (Å²) in [7, 11) is 1.31. The number of piperidine rings is 1. The molecule has 0 radical (unpaired) electrons. The second-order valence-corrected chi connectivity index (χ2v) is 5.17. The lowest BCUT2D eigenvalue weighted by atomic mass is 10.1. The molecule has 1 fully saturated rings. The molecule has 1 N–H and O–H groups in total. The standard InChI is InChI=1S/C16H19N3O4/c1-23-16(22)13-7-5-12(6-8-13)11-17-18-14(20)15(21)19-9-3-2-4-10-19/h5-8,11H,2-4,9-10H2,1H3,(H,18,20)/b17-11-. The Bertz CT molecular complexity index is 604. The molecule has 2 amide bonds. The number of carbonyl (C=O) groups is 3. The summed E-state index contributed by atoms with van der Waals surface area (Å²) >= 11 is 0. The van der Waals surface area contributed by atoms with E-state index in [0.29, 0.717) is 24.2 Å². The van der Waals surface area contributed by atoms with E-state index < -0.39 is 17.8 Å². The fraction of sp³-hybridized carbons (Fsp3) is 0.375. The minimum atomic E-state index is -0.741. The minimum Gasteiger partial charge on any atom is -0.465 e. The van der Waals surface area contributed by atoms with Gasteiger partial charge in [-0.2, -0.15) is 5.10 Å². The van der Waals surface area contributed by atoms with Crippen LogP contribution in [0.3, 0.4) is 0 Å². The summed E-state index contributed by atoms with van der Waals surface area (Å²) in [5.41, 5.74) is 3.33. The van der Waals surface area contributed by atoms with Crippen LogP contribution in [0.5, 0.6) is 0 Å². The van der Waals surface area contributed by atoms with E-state index in [9.17, 15) is 14.4 Å². The first-order valence-electron chi connectivity index (χ1n) is 7.42. The number of hydrogen-bond acceptors (Lipinski definition) is 5. The van der Waals surface area contributed by atoms with Crippen molar-refractivity contribution in [3.05, 3.63) is 35.4 Å². The Balaban J connectivity index is 1.86. The number of nitrogens with one attached hydrogen (secondary N) is 1. The second-order valence-electron chi connectivity index (χ2n) is 5.17. The lowest BCUT2D eigenvalue weighted by Crippen LogP contribution is -2.43. The van der Waals surface area contributed by atoms with Crippen LogP contribution in [0.15, 0.2) is 29.4 Å². The van der Waals surface area contributed by atoms with Gasteiger partial charge in [0.1, 0.15) is 0 Å². The summed E-state index contributed by atoms with van der Waals surface area (Å²) in [4.78, 5) is 36.5. The zero-order chi connectivity index (χ0) is 16.7. The van der Waals surface area contributed by atoms with Crippen LogP contribution in [0.25, 0.3) is 0 Å². The predicted molar refractivity (Wildman–Crippen MR) is 83.9 cm³/mol. The first-order valence-corrected chi connectivity index (χ1v) is 7.42. The van der Waals surface area contributed by atoms with Gasteiger partial charge in [0, 0.05) is 13.1 Å².